The van der Waals surface area contributed by atoms with Gasteiger partial charge in [0.15, 0.2) is 0 Å². The Morgan fingerprint density at radius 3 is 2.07 bits per heavy atom. The molecule has 2 aliphatic heterocycles. The molecule has 2 saturated heterocycles. The largest absolute Gasteiger partial charge is 0.492 e. The van der Waals surface area contributed by atoms with Crippen molar-refractivity contribution in [3.05, 3.63) is 143 Å². The number of piperazine rings is 1. The number of aromatic nitrogens is 1. The van der Waals surface area contributed by atoms with Crippen LogP contribution in [0.1, 0.15) is 100 Å². The van der Waals surface area contributed by atoms with E-state index in [9.17, 15) is 24.3 Å². The number of thiazole rings is 1. The number of aliphatic hydroxyl groups excluding tert-OH is 1. The first-order valence-electron chi connectivity index (χ1n) is 25.5. The number of hydrogen-bond acceptors (Lipinski definition) is 9. The number of allylic oxidation sites excluding steroid dienone is 1. The number of halogens is 1. The summed E-state index contributed by atoms with van der Waals surface area (Å²) < 4.78 is 6.20. The van der Waals surface area contributed by atoms with Crippen molar-refractivity contribution in [2.75, 3.05) is 51.8 Å². The van der Waals surface area contributed by atoms with Crippen LogP contribution in [0.25, 0.3) is 21.6 Å². The van der Waals surface area contributed by atoms with Crippen molar-refractivity contribution in [2.45, 2.75) is 104 Å². The first-order chi connectivity index (χ1) is 34.8. The number of unbranched alkanes of at least 4 members (excludes halogenated alkanes) is 3. The van der Waals surface area contributed by atoms with Crippen LogP contribution in [0.2, 0.25) is 0 Å². The second kappa shape index (κ2) is 26.2. The summed E-state index contributed by atoms with van der Waals surface area (Å²) in [6, 6.07) is 35.4. The highest BCUT2D eigenvalue weighted by Crippen LogP contribution is 2.36. The van der Waals surface area contributed by atoms with Crippen LogP contribution >= 0.6 is 22.9 Å². The fraction of sp³-hybridized carbons (Fsp3) is 0.431. The van der Waals surface area contributed by atoms with E-state index in [4.69, 9.17) is 16.3 Å². The first kappa shape index (κ1) is 53.9. The second-order valence-corrected chi connectivity index (χ2v) is 21.2. The molecule has 2 fully saturated rings. The molecule has 14 heteroatoms. The summed E-state index contributed by atoms with van der Waals surface area (Å²) in [7, 11) is 0. The lowest BCUT2D eigenvalue weighted by Gasteiger charge is -2.35. The van der Waals surface area contributed by atoms with E-state index in [1.165, 1.54) is 16.0 Å². The number of β-amino-alcohol motifs (C(OH)–C–C–N with tert-alkyl or cyclic N) is 1. The molecule has 72 heavy (non-hydrogen) atoms. The molecule has 3 N–H and O–H groups in total. The molecule has 0 saturated carbocycles. The number of carbonyl (C=O) groups is 4. The minimum Gasteiger partial charge on any atom is -0.492 e. The quantitative estimate of drug-likeness (QED) is 0.0354. The van der Waals surface area contributed by atoms with Gasteiger partial charge in [0, 0.05) is 71.0 Å². The lowest BCUT2D eigenvalue weighted by atomic mass is 9.85. The lowest BCUT2D eigenvalue weighted by Crippen LogP contribution is -2.57. The molecule has 2 aliphatic rings. The van der Waals surface area contributed by atoms with Gasteiger partial charge in [0.05, 0.1) is 22.2 Å². The van der Waals surface area contributed by atoms with E-state index in [0.29, 0.717) is 38.4 Å². The minimum absolute atomic E-state index is 0.0184. The number of benzene rings is 4. The fourth-order valence-corrected chi connectivity index (χ4v) is 10.6. The number of nitrogens with zero attached hydrogens (tertiary/aromatic N) is 4. The summed E-state index contributed by atoms with van der Waals surface area (Å²) in [4.78, 5) is 65.1. The van der Waals surface area contributed by atoms with Gasteiger partial charge in [-0.05, 0) is 82.7 Å². The summed E-state index contributed by atoms with van der Waals surface area (Å²) >= 11 is 7.93. The molecular formula is C58H71ClN6O6S. The normalized spacial score (nSPS) is 17.0. The summed E-state index contributed by atoms with van der Waals surface area (Å²) in [5.41, 5.74) is 9.91. The minimum atomic E-state index is -0.880. The van der Waals surface area contributed by atoms with Gasteiger partial charge in [-0.3, -0.25) is 24.1 Å². The monoisotopic (exact) mass is 1010 g/mol. The van der Waals surface area contributed by atoms with E-state index >= 15 is 0 Å². The molecule has 1 unspecified atom stereocenters. The molecule has 7 rings (SSSR count). The highest BCUT2D eigenvalue weighted by Gasteiger charge is 2.44. The summed E-state index contributed by atoms with van der Waals surface area (Å²) in [6.45, 7) is 12.2. The molecule has 12 nitrogen and oxygen atoms in total. The van der Waals surface area contributed by atoms with Crippen molar-refractivity contribution in [3.63, 3.8) is 0 Å². The maximum absolute atomic E-state index is 14.1. The number of ether oxygens (including phenoxy) is 1. The molecule has 3 heterocycles. The second-order valence-electron chi connectivity index (χ2n) is 20.0. The Kier molecular flexibility index (Phi) is 19.6. The fourth-order valence-electron chi connectivity index (χ4n) is 9.59. The molecular weight excluding hydrogens is 944 g/mol. The van der Waals surface area contributed by atoms with Gasteiger partial charge in [0.25, 0.3) is 0 Å². The number of likely N-dealkylation sites (tertiary alicyclic amines) is 1. The zero-order valence-electron chi connectivity index (χ0n) is 42.3. The van der Waals surface area contributed by atoms with Crippen LogP contribution in [0.5, 0.6) is 5.75 Å². The Hall–Kier alpha value is -5.86. The highest BCUT2D eigenvalue weighted by molar-refractivity contribution is 7.13. The number of aryl methyl sites for hydroxylation is 1. The molecule has 1 aromatic heterocycles. The van der Waals surface area contributed by atoms with Gasteiger partial charge in [-0.25, -0.2) is 4.98 Å². The van der Waals surface area contributed by atoms with E-state index in [0.717, 1.165) is 89.5 Å². The molecule has 0 bridgehead atoms. The van der Waals surface area contributed by atoms with Gasteiger partial charge in [-0.2, -0.15) is 0 Å². The van der Waals surface area contributed by atoms with Crippen molar-refractivity contribution in [3.8, 4) is 16.2 Å². The average molecular weight is 1020 g/mol. The van der Waals surface area contributed by atoms with Crippen LogP contribution in [0.4, 0.5) is 0 Å². The molecule has 0 spiro atoms. The zero-order valence-corrected chi connectivity index (χ0v) is 43.9. The number of nitrogens with one attached hydrogen (secondary N) is 2. The van der Waals surface area contributed by atoms with Crippen LogP contribution in [-0.4, -0.2) is 118 Å². The molecule has 382 valence electrons. The summed E-state index contributed by atoms with van der Waals surface area (Å²) in [5, 5.41) is 16.5. The Labute approximate surface area is 434 Å². The third kappa shape index (κ3) is 14.9. The number of rotatable bonds is 22. The van der Waals surface area contributed by atoms with E-state index in [1.807, 2.05) is 86.6 Å². The third-order valence-corrected chi connectivity index (χ3v) is 14.8. The zero-order chi connectivity index (χ0) is 51.0. The van der Waals surface area contributed by atoms with Crippen LogP contribution < -0.4 is 15.4 Å². The Bertz CT molecular complexity index is 2580. The van der Waals surface area contributed by atoms with Crippen molar-refractivity contribution in [2.24, 2.45) is 5.41 Å². The molecule has 4 amide bonds. The van der Waals surface area contributed by atoms with Gasteiger partial charge >= 0.3 is 0 Å². The van der Waals surface area contributed by atoms with Gasteiger partial charge in [-0.15, -0.1) is 22.9 Å². The smallest absolute Gasteiger partial charge is 0.246 e. The van der Waals surface area contributed by atoms with E-state index in [-0.39, 0.29) is 49.6 Å². The maximum Gasteiger partial charge on any atom is 0.246 e. The average Bonchev–Trinajstić information content (AvgIpc) is 4.01. The molecule has 3 atom stereocenters. The summed E-state index contributed by atoms with van der Waals surface area (Å²) in [5.74, 6) is 0.542. The number of amides is 4. The molecule has 5 aromatic rings. The number of carbonyl (C=O) groups excluding carboxylic acids is 4. The first-order valence-corrected chi connectivity index (χ1v) is 26.9. The van der Waals surface area contributed by atoms with Crippen molar-refractivity contribution in [1.29, 1.82) is 0 Å². The molecule has 0 radical (unpaired) electrons. The van der Waals surface area contributed by atoms with E-state index < -0.39 is 23.6 Å². The Morgan fingerprint density at radius 2 is 1.44 bits per heavy atom. The van der Waals surface area contributed by atoms with Crippen LogP contribution in [0.15, 0.2) is 115 Å². The van der Waals surface area contributed by atoms with Crippen molar-refractivity contribution < 1.29 is 29.0 Å². The highest BCUT2D eigenvalue weighted by atomic mass is 35.5. The van der Waals surface area contributed by atoms with E-state index in [1.54, 1.807) is 11.3 Å². The number of hydrogen-bond donors (Lipinski definition) is 3. The molecule has 4 aromatic carbocycles. The van der Waals surface area contributed by atoms with Crippen LogP contribution in [0.3, 0.4) is 0 Å². The third-order valence-electron chi connectivity index (χ3n) is 13.6. The van der Waals surface area contributed by atoms with Crippen molar-refractivity contribution >= 4 is 57.7 Å². The number of aliphatic hydroxyl groups is 1. The standard InChI is InChI=1S/C58H71ClN6O6S/c1-41-54(72-40-61-41)46-23-21-42(22-24-46)38-60-56(69)50-37-47(66)39-65(50)57(70)55(58(2,3)4)62-51(67)19-13-5-6-14-20-52(68)64-33-31-63(32-34-64)35-36-71-48-27-25-45(26-28-48)53(44-17-11-8-12-18-44)49(29-30-59)43-15-9-7-10-16-43/h7-12,15-18,21-28,40,47,50,55,66H,5-6,13-14,19-20,29-39H2,1-4H3,(H,60,69)(H,62,67)/b53-49-/t47-,50+,55?/m1/s1. The maximum atomic E-state index is 14.1. The van der Waals surface area contributed by atoms with Gasteiger partial charge in [0.1, 0.15) is 24.4 Å². The van der Waals surface area contributed by atoms with Crippen molar-refractivity contribution in [1.82, 2.24) is 30.3 Å². The Balaban J connectivity index is 0.786. The predicted octanol–water partition coefficient (Wildman–Crippen LogP) is 9.38. The van der Waals surface area contributed by atoms with Gasteiger partial charge in [0.2, 0.25) is 23.6 Å². The van der Waals surface area contributed by atoms with E-state index in [2.05, 4.69) is 81.2 Å². The SMILES string of the molecule is Cc1ncsc1-c1ccc(CNC(=O)[C@@H]2C[C@@H](O)CN2C(=O)C(NC(=O)CCCCCCC(=O)N2CCN(CCOc3ccc(/C(=C(/CCCl)c4ccccc4)c4ccccc4)cc3)CC2)C(C)(C)C)cc1. The van der Waals surface area contributed by atoms with Crippen LogP contribution in [-0.2, 0) is 25.7 Å². The van der Waals surface area contributed by atoms with Gasteiger partial charge < -0.3 is 30.3 Å². The number of alkyl halides is 1. The Morgan fingerprint density at radius 1 is 0.806 bits per heavy atom. The summed E-state index contributed by atoms with van der Waals surface area (Å²) in [6.07, 6.45) is 3.73. The lowest BCUT2D eigenvalue weighted by molar-refractivity contribution is -0.144. The predicted molar refractivity (Wildman–Crippen MR) is 288 cm³/mol. The van der Waals surface area contributed by atoms with Gasteiger partial charge in [-0.1, -0.05) is 131 Å². The van der Waals surface area contributed by atoms with Crippen LogP contribution in [0, 0.1) is 12.3 Å². The molecule has 0 aliphatic carbocycles. The topological polar surface area (TPSA) is 144 Å².